The van der Waals surface area contributed by atoms with Crippen LogP contribution in [0.25, 0.3) is 0 Å². The summed E-state index contributed by atoms with van der Waals surface area (Å²) in [5, 5.41) is 1.81. The smallest absolute Gasteiger partial charge is 0.318 e. The number of hydrogen-bond acceptors (Lipinski definition) is 5. The summed E-state index contributed by atoms with van der Waals surface area (Å²) in [6, 6.07) is 4.12. The fourth-order valence-electron chi connectivity index (χ4n) is 1.02. The number of primary amides is 1. The van der Waals surface area contributed by atoms with E-state index in [9.17, 15) is 18.0 Å². The Hall–Kier alpha value is -1.80. The molecule has 18 heavy (non-hydrogen) atoms. The Morgan fingerprint density at radius 1 is 1.28 bits per heavy atom. The average molecular weight is 293 g/mol. The normalized spacial score (nSPS) is 10.7. The zero-order chi connectivity index (χ0) is 13.8. The van der Waals surface area contributed by atoms with Crippen molar-refractivity contribution in [2.45, 2.75) is 4.90 Å². The van der Waals surface area contributed by atoms with E-state index in [0.717, 1.165) is 0 Å². The monoisotopic (exact) mass is 292 g/mol. The number of rotatable bonds is 4. The minimum absolute atomic E-state index is 0.0851. The molecule has 0 aliphatic rings. The molecule has 9 heteroatoms. The summed E-state index contributed by atoms with van der Waals surface area (Å²) in [7, 11) is 1.32. The quantitative estimate of drug-likeness (QED) is 0.768. The van der Waals surface area contributed by atoms with Gasteiger partial charge in [0.2, 0.25) is 0 Å². The standard InChI is InChI=1S/C9H9ClN2O5S/c10-18(15,16)7-3-1-6(2-4-7)17-5-8(13)12-9(11)14/h1-4H,5H2,(H3,11,12,13,14). The molecule has 0 atom stereocenters. The minimum Gasteiger partial charge on any atom is -0.484 e. The zero-order valence-corrected chi connectivity index (χ0v) is 10.5. The van der Waals surface area contributed by atoms with Crippen molar-refractivity contribution in [1.82, 2.24) is 5.32 Å². The maximum atomic E-state index is 11.0. The first-order valence-corrected chi connectivity index (χ1v) is 6.87. The van der Waals surface area contributed by atoms with Gasteiger partial charge >= 0.3 is 6.03 Å². The highest BCUT2D eigenvalue weighted by atomic mass is 35.7. The van der Waals surface area contributed by atoms with Crippen LogP contribution in [0.15, 0.2) is 29.2 Å². The lowest BCUT2D eigenvalue weighted by molar-refractivity contribution is -0.121. The predicted molar refractivity (Wildman–Crippen MR) is 62.7 cm³/mol. The van der Waals surface area contributed by atoms with Crippen molar-refractivity contribution in [3.8, 4) is 5.75 Å². The van der Waals surface area contributed by atoms with Crippen molar-refractivity contribution in [2.75, 3.05) is 6.61 Å². The third-order valence-corrected chi connectivity index (χ3v) is 3.11. The molecule has 1 aromatic carbocycles. The van der Waals surface area contributed by atoms with E-state index in [0.29, 0.717) is 0 Å². The number of urea groups is 1. The van der Waals surface area contributed by atoms with Crippen LogP contribution in [-0.2, 0) is 13.8 Å². The topological polar surface area (TPSA) is 116 Å². The molecule has 1 rings (SSSR count). The predicted octanol–water partition coefficient (Wildman–Crippen LogP) is 0.188. The second kappa shape index (κ2) is 5.69. The van der Waals surface area contributed by atoms with Crippen LogP contribution >= 0.6 is 10.7 Å². The Kier molecular flexibility index (Phi) is 4.51. The number of nitrogens with two attached hydrogens (primary N) is 1. The first-order valence-electron chi connectivity index (χ1n) is 4.56. The van der Waals surface area contributed by atoms with Crippen molar-refractivity contribution in [3.05, 3.63) is 24.3 Å². The fraction of sp³-hybridized carbons (Fsp3) is 0.111. The van der Waals surface area contributed by atoms with E-state index in [1.165, 1.54) is 24.3 Å². The molecular formula is C9H9ClN2O5S. The Morgan fingerprint density at radius 2 is 1.83 bits per heavy atom. The van der Waals surface area contributed by atoms with Gasteiger partial charge in [0.15, 0.2) is 6.61 Å². The molecule has 3 amide bonds. The summed E-state index contributed by atoms with van der Waals surface area (Å²) in [5.41, 5.74) is 4.72. The zero-order valence-electron chi connectivity index (χ0n) is 8.92. The van der Waals surface area contributed by atoms with Gasteiger partial charge in [0.05, 0.1) is 4.90 Å². The molecule has 0 unspecified atom stereocenters. The number of amides is 3. The molecule has 98 valence electrons. The van der Waals surface area contributed by atoms with Gasteiger partial charge in [-0.1, -0.05) is 0 Å². The minimum atomic E-state index is -3.79. The van der Waals surface area contributed by atoms with E-state index in [2.05, 4.69) is 0 Å². The van der Waals surface area contributed by atoms with Crippen molar-refractivity contribution in [2.24, 2.45) is 5.73 Å². The van der Waals surface area contributed by atoms with Gasteiger partial charge < -0.3 is 10.5 Å². The van der Waals surface area contributed by atoms with Gasteiger partial charge in [-0.3, -0.25) is 10.1 Å². The first-order chi connectivity index (χ1) is 8.29. The van der Waals surface area contributed by atoms with Crippen LogP contribution in [0.1, 0.15) is 0 Å². The number of halogens is 1. The lowest BCUT2D eigenvalue weighted by Crippen LogP contribution is -2.38. The van der Waals surface area contributed by atoms with E-state index in [-0.39, 0.29) is 10.6 Å². The van der Waals surface area contributed by atoms with Crippen LogP contribution < -0.4 is 15.8 Å². The van der Waals surface area contributed by atoms with Crippen LogP contribution in [0.2, 0.25) is 0 Å². The number of imide groups is 1. The molecule has 0 aliphatic heterocycles. The van der Waals surface area contributed by atoms with E-state index in [1.54, 1.807) is 5.32 Å². The second-order valence-corrected chi connectivity index (χ2v) is 5.68. The lowest BCUT2D eigenvalue weighted by Gasteiger charge is -2.05. The van der Waals surface area contributed by atoms with E-state index in [1.807, 2.05) is 0 Å². The third-order valence-electron chi connectivity index (χ3n) is 1.74. The van der Waals surface area contributed by atoms with E-state index in [4.69, 9.17) is 21.2 Å². The third kappa shape index (κ3) is 4.60. The molecule has 0 saturated heterocycles. The number of benzene rings is 1. The molecule has 0 saturated carbocycles. The van der Waals surface area contributed by atoms with Crippen molar-refractivity contribution in [1.29, 1.82) is 0 Å². The molecule has 0 fully saturated rings. The van der Waals surface area contributed by atoms with Crippen LogP contribution in [0.3, 0.4) is 0 Å². The van der Waals surface area contributed by atoms with Gasteiger partial charge in [0.1, 0.15) is 5.75 Å². The van der Waals surface area contributed by atoms with Gasteiger partial charge in [-0.2, -0.15) is 0 Å². The molecule has 0 aliphatic carbocycles. The molecule has 0 radical (unpaired) electrons. The van der Waals surface area contributed by atoms with Crippen LogP contribution in [0.5, 0.6) is 5.75 Å². The summed E-state index contributed by atoms with van der Waals surface area (Å²) < 4.78 is 26.9. The highest BCUT2D eigenvalue weighted by Gasteiger charge is 2.10. The Bertz CT molecular complexity index is 555. The highest BCUT2D eigenvalue weighted by molar-refractivity contribution is 8.13. The summed E-state index contributed by atoms with van der Waals surface area (Å²) in [5.74, 6) is -0.463. The van der Waals surface area contributed by atoms with Gasteiger partial charge in [-0.15, -0.1) is 0 Å². The van der Waals surface area contributed by atoms with Gasteiger partial charge in [0, 0.05) is 10.7 Å². The van der Waals surface area contributed by atoms with Crippen LogP contribution in [0.4, 0.5) is 4.79 Å². The summed E-state index contributed by atoms with van der Waals surface area (Å²) in [6.07, 6.45) is 0. The molecule has 0 bridgehead atoms. The largest absolute Gasteiger partial charge is 0.484 e. The number of carbonyl (C=O) groups is 2. The van der Waals surface area contributed by atoms with Gasteiger partial charge in [-0.05, 0) is 24.3 Å². The Labute approximate surface area is 107 Å². The molecule has 0 aromatic heterocycles. The number of nitrogens with one attached hydrogen (secondary N) is 1. The molecule has 1 aromatic rings. The Balaban J connectivity index is 2.60. The lowest BCUT2D eigenvalue weighted by atomic mass is 10.3. The number of hydrogen-bond donors (Lipinski definition) is 2. The first kappa shape index (κ1) is 14.3. The van der Waals surface area contributed by atoms with E-state index < -0.39 is 27.6 Å². The average Bonchev–Trinajstić information content (AvgIpc) is 2.25. The molecule has 0 spiro atoms. The molecule has 0 heterocycles. The highest BCUT2D eigenvalue weighted by Crippen LogP contribution is 2.18. The van der Waals surface area contributed by atoms with Crippen molar-refractivity contribution < 1.29 is 22.7 Å². The molecule has 7 nitrogen and oxygen atoms in total. The Morgan fingerprint density at radius 3 is 2.28 bits per heavy atom. The summed E-state index contributed by atoms with van der Waals surface area (Å²) >= 11 is 0. The van der Waals surface area contributed by atoms with Crippen molar-refractivity contribution >= 4 is 31.7 Å². The maximum Gasteiger partial charge on any atom is 0.318 e. The van der Waals surface area contributed by atoms with E-state index >= 15 is 0 Å². The summed E-state index contributed by atoms with van der Waals surface area (Å²) in [6.45, 7) is -0.421. The van der Waals surface area contributed by atoms with Crippen molar-refractivity contribution in [3.63, 3.8) is 0 Å². The van der Waals surface area contributed by atoms with Gasteiger partial charge in [-0.25, -0.2) is 13.2 Å². The van der Waals surface area contributed by atoms with Crippen LogP contribution in [-0.4, -0.2) is 27.0 Å². The molecule has 3 N–H and O–H groups in total. The van der Waals surface area contributed by atoms with Gasteiger partial charge in [0.25, 0.3) is 15.0 Å². The second-order valence-electron chi connectivity index (χ2n) is 3.11. The molecular weight excluding hydrogens is 284 g/mol. The maximum absolute atomic E-state index is 11.0. The SMILES string of the molecule is NC(=O)NC(=O)COc1ccc(S(=O)(=O)Cl)cc1. The fourth-order valence-corrected chi connectivity index (χ4v) is 1.79. The summed E-state index contributed by atoms with van der Waals surface area (Å²) in [4.78, 5) is 21.2. The number of carbonyl (C=O) groups excluding carboxylic acids is 2. The number of ether oxygens (including phenoxy) is 1. The van der Waals surface area contributed by atoms with Crippen LogP contribution in [0, 0.1) is 0 Å².